The first-order valence-electron chi connectivity index (χ1n) is 6.58. The van der Waals surface area contributed by atoms with Crippen LogP contribution in [0.15, 0.2) is 0 Å². The van der Waals surface area contributed by atoms with Gasteiger partial charge in [0.05, 0.1) is 5.69 Å². The Labute approximate surface area is 115 Å². The van der Waals surface area contributed by atoms with Crippen molar-refractivity contribution in [3.63, 3.8) is 0 Å². The van der Waals surface area contributed by atoms with Gasteiger partial charge in [-0.25, -0.2) is 0 Å². The van der Waals surface area contributed by atoms with Crippen LogP contribution in [0.3, 0.4) is 0 Å². The van der Waals surface area contributed by atoms with E-state index >= 15 is 0 Å². The van der Waals surface area contributed by atoms with Gasteiger partial charge in [-0.1, -0.05) is 39.3 Å². The van der Waals surface area contributed by atoms with Gasteiger partial charge in [-0.15, -0.1) is 0 Å². The standard InChI is InChI=1S/C14H24ClN3/c1-9-10(12(15)18(6)17-9)7-16-8-11-13(2,3)14(11,4)5/h11,16H,7-8H2,1-6H3. The van der Waals surface area contributed by atoms with Gasteiger partial charge in [-0.05, 0) is 30.2 Å². The van der Waals surface area contributed by atoms with Crippen LogP contribution in [0.5, 0.6) is 0 Å². The topological polar surface area (TPSA) is 29.9 Å². The first-order chi connectivity index (χ1) is 8.19. The Kier molecular flexibility index (Phi) is 3.27. The number of nitrogens with zero attached hydrogens (tertiary/aromatic N) is 2. The molecule has 2 rings (SSSR count). The number of hydrogen-bond acceptors (Lipinski definition) is 2. The Bertz CT molecular complexity index is 446. The van der Waals surface area contributed by atoms with Crippen molar-refractivity contribution in [1.29, 1.82) is 0 Å². The molecule has 1 N–H and O–H groups in total. The zero-order chi connectivity index (χ0) is 13.7. The lowest BCUT2D eigenvalue weighted by atomic mass is 10.0. The van der Waals surface area contributed by atoms with Crippen LogP contribution in [-0.4, -0.2) is 16.3 Å². The third kappa shape index (κ3) is 1.97. The van der Waals surface area contributed by atoms with Crippen LogP contribution in [0.25, 0.3) is 0 Å². The third-order valence-electron chi connectivity index (χ3n) is 5.24. The van der Waals surface area contributed by atoms with Crippen LogP contribution in [0.4, 0.5) is 0 Å². The Hall–Kier alpha value is -0.540. The molecule has 1 aliphatic carbocycles. The summed E-state index contributed by atoms with van der Waals surface area (Å²) in [7, 11) is 1.88. The van der Waals surface area contributed by atoms with Gasteiger partial charge in [-0.2, -0.15) is 5.10 Å². The largest absolute Gasteiger partial charge is 0.312 e. The van der Waals surface area contributed by atoms with Crippen LogP contribution in [0, 0.1) is 23.7 Å². The Morgan fingerprint density at radius 3 is 2.22 bits per heavy atom. The molecule has 0 spiro atoms. The van der Waals surface area contributed by atoms with Crippen molar-refractivity contribution >= 4 is 11.6 Å². The van der Waals surface area contributed by atoms with Gasteiger partial charge in [0.1, 0.15) is 5.15 Å². The molecule has 1 fully saturated rings. The van der Waals surface area contributed by atoms with E-state index in [9.17, 15) is 0 Å². The lowest BCUT2D eigenvalue weighted by Crippen LogP contribution is -2.19. The number of nitrogens with one attached hydrogen (secondary N) is 1. The number of aromatic nitrogens is 2. The minimum atomic E-state index is 0.438. The molecule has 0 bridgehead atoms. The van der Waals surface area contributed by atoms with E-state index in [1.807, 2.05) is 14.0 Å². The van der Waals surface area contributed by atoms with Crippen molar-refractivity contribution in [2.24, 2.45) is 23.8 Å². The fourth-order valence-electron chi connectivity index (χ4n) is 3.06. The summed E-state index contributed by atoms with van der Waals surface area (Å²) >= 11 is 6.22. The second-order valence-electron chi connectivity index (χ2n) is 6.61. The predicted molar refractivity (Wildman–Crippen MR) is 75.7 cm³/mol. The predicted octanol–water partition coefficient (Wildman–Crippen LogP) is 3.15. The summed E-state index contributed by atoms with van der Waals surface area (Å²) in [4.78, 5) is 0. The highest BCUT2D eigenvalue weighted by atomic mass is 35.5. The van der Waals surface area contributed by atoms with Gasteiger partial charge >= 0.3 is 0 Å². The molecule has 1 heterocycles. The van der Waals surface area contributed by atoms with E-state index in [-0.39, 0.29) is 0 Å². The van der Waals surface area contributed by atoms with Gasteiger partial charge < -0.3 is 5.32 Å². The fraction of sp³-hybridized carbons (Fsp3) is 0.786. The molecule has 1 aromatic heterocycles. The molecule has 0 amide bonds. The van der Waals surface area contributed by atoms with Gasteiger partial charge in [0.15, 0.2) is 0 Å². The molecule has 18 heavy (non-hydrogen) atoms. The third-order valence-corrected chi connectivity index (χ3v) is 5.71. The Morgan fingerprint density at radius 2 is 1.83 bits per heavy atom. The van der Waals surface area contributed by atoms with Crippen LogP contribution < -0.4 is 5.32 Å². The molecule has 1 aliphatic rings. The van der Waals surface area contributed by atoms with Gasteiger partial charge in [-0.3, -0.25) is 4.68 Å². The SMILES string of the molecule is Cc1nn(C)c(Cl)c1CNCC1C(C)(C)C1(C)C. The minimum absolute atomic E-state index is 0.438. The van der Waals surface area contributed by atoms with E-state index < -0.39 is 0 Å². The summed E-state index contributed by atoms with van der Waals surface area (Å²) in [6.07, 6.45) is 0. The zero-order valence-electron chi connectivity index (χ0n) is 12.3. The molecule has 0 aliphatic heterocycles. The van der Waals surface area contributed by atoms with Crippen LogP contribution >= 0.6 is 11.6 Å². The second kappa shape index (κ2) is 4.24. The zero-order valence-corrected chi connectivity index (χ0v) is 13.0. The van der Waals surface area contributed by atoms with E-state index in [1.165, 1.54) is 0 Å². The highest BCUT2D eigenvalue weighted by Crippen LogP contribution is 2.67. The van der Waals surface area contributed by atoms with Crippen LogP contribution in [0.2, 0.25) is 5.15 Å². The first-order valence-corrected chi connectivity index (χ1v) is 6.96. The molecule has 0 aromatic carbocycles. The van der Waals surface area contributed by atoms with Crippen LogP contribution in [0.1, 0.15) is 39.0 Å². The van der Waals surface area contributed by atoms with Crippen LogP contribution in [-0.2, 0) is 13.6 Å². The van der Waals surface area contributed by atoms with Gasteiger partial charge in [0.25, 0.3) is 0 Å². The molecule has 1 saturated carbocycles. The molecular weight excluding hydrogens is 246 g/mol. The first kappa shape index (κ1) is 13.9. The molecule has 1 aromatic rings. The fourth-order valence-corrected chi connectivity index (χ4v) is 3.30. The molecule has 0 unspecified atom stereocenters. The van der Waals surface area contributed by atoms with E-state index in [0.717, 1.165) is 35.4 Å². The highest BCUT2D eigenvalue weighted by molar-refractivity contribution is 6.30. The smallest absolute Gasteiger partial charge is 0.131 e. The van der Waals surface area contributed by atoms with Gasteiger partial charge in [0.2, 0.25) is 0 Å². The van der Waals surface area contributed by atoms with E-state index in [2.05, 4.69) is 38.1 Å². The normalized spacial score (nSPS) is 21.3. The van der Waals surface area contributed by atoms with Crippen molar-refractivity contribution in [2.75, 3.05) is 6.54 Å². The summed E-state index contributed by atoms with van der Waals surface area (Å²) in [5, 5.41) is 8.60. The molecule has 0 atom stereocenters. The number of hydrogen-bond donors (Lipinski definition) is 1. The monoisotopic (exact) mass is 269 g/mol. The summed E-state index contributed by atoms with van der Waals surface area (Å²) in [5.41, 5.74) is 3.02. The Balaban J connectivity index is 1.91. The van der Waals surface area contributed by atoms with Crippen molar-refractivity contribution < 1.29 is 0 Å². The minimum Gasteiger partial charge on any atom is -0.312 e. The van der Waals surface area contributed by atoms with Gasteiger partial charge in [0, 0.05) is 19.2 Å². The molecule has 0 radical (unpaired) electrons. The lowest BCUT2D eigenvalue weighted by molar-refractivity contribution is 0.457. The Morgan fingerprint density at radius 1 is 1.28 bits per heavy atom. The van der Waals surface area contributed by atoms with E-state index in [4.69, 9.17) is 11.6 Å². The number of rotatable bonds is 4. The average Bonchev–Trinajstić information content (AvgIpc) is 2.49. The van der Waals surface area contributed by atoms with Crippen molar-refractivity contribution in [3.05, 3.63) is 16.4 Å². The van der Waals surface area contributed by atoms with Crippen molar-refractivity contribution in [3.8, 4) is 0 Å². The van der Waals surface area contributed by atoms with Crippen molar-refractivity contribution in [1.82, 2.24) is 15.1 Å². The molecule has 0 saturated heterocycles. The summed E-state index contributed by atoms with van der Waals surface area (Å²) < 4.78 is 1.74. The molecule has 3 nitrogen and oxygen atoms in total. The molecule has 4 heteroatoms. The number of aryl methyl sites for hydroxylation is 2. The maximum absolute atomic E-state index is 6.22. The maximum atomic E-state index is 6.22. The number of halogens is 1. The average molecular weight is 270 g/mol. The van der Waals surface area contributed by atoms with Crippen molar-refractivity contribution in [2.45, 2.75) is 41.2 Å². The molecule has 102 valence electrons. The lowest BCUT2D eigenvalue weighted by Gasteiger charge is -2.06. The maximum Gasteiger partial charge on any atom is 0.131 e. The molecular formula is C14H24ClN3. The van der Waals surface area contributed by atoms with E-state index in [1.54, 1.807) is 4.68 Å². The second-order valence-corrected chi connectivity index (χ2v) is 6.96. The summed E-state index contributed by atoms with van der Waals surface area (Å²) in [6.45, 7) is 13.3. The quantitative estimate of drug-likeness (QED) is 0.910. The van der Waals surface area contributed by atoms with E-state index in [0.29, 0.717) is 10.8 Å². The summed E-state index contributed by atoms with van der Waals surface area (Å²) in [5.74, 6) is 0.737. The highest BCUT2D eigenvalue weighted by Gasteiger charge is 2.63. The summed E-state index contributed by atoms with van der Waals surface area (Å²) in [6, 6.07) is 0.